The molecule has 0 spiro atoms. The first kappa shape index (κ1) is 20.7. The van der Waals surface area contributed by atoms with Gasteiger partial charge < -0.3 is 5.11 Å². The number of fused-ring (bicyclic) bond motifs is 5. The number of nitrogens with zero attached hydrogens (tertiary/aromatic N) is 1. The van der Waals surface area contributed by atoms with Gasteiger partial charge in [-0.05, 0) is 80.0 Å². The molecule has 0 aromatic carbocycles. The van der Waals surface area contributed by atoms with Crippen LogP contribution in [0.1, 0.15) is 78.6 Å². The van der Waals surface area contributed by atoms with Gasteiger partial charge >= 0.3 is 0 Å². The predicted octanol–water partition coefficient (Wildman–Crippen LogP) is 4.66. The van der Waals surface area contributed by atoms with E-state index in [0.29, 0.717) is 17.3 Å². The monoisotopic (exact) mass is 391 g/mol. The maximum absolute atomic E-state index is 12.8. The summed E-state index contributed by atoms with van der Waals surface area (Å²) in [7, 11) is 3.25. The highest BCUT2D eigenvalue weighted by molar-refractivity contribution is 5.77. The number of hydrogen-bond donors (Lipinski definition) is 1. The average Bonchev–Trinajstić information content (AvgIpc) is 3.05. The van der Waals surface area contributed by atoms with Gasteiger partial charge in [-0.15, -0.1) is 0 Å². The average molecular weight is 392 g/mol. The predicted molar refractivity (Wildman–Crippen MR) is 110 cm³/mol. The molecule has 0 heterocycles. The molecule has 1 N–H and O–H groups in total. The lowest BCUT2D eigenvalue weighted by molar-refractivity contribution is -0.186. The third-order valence-electron chi connectivity index (χ3n) is 10.3. The number of rotatable bonds is 3. The Morgan fingerprint density at radius 1 is 1.11 bits per heavy atom. The van der Waals surface area contributed by atoms with Gasteiger partial charge in [0, 0.05) is 18.4 Å². The molecule has 0 aliphatic heterocycles. The van der Waals surface area contributed by atoms with Crippen LogP contribution < -0.4 is 0 Å². The second kappa shape index (κ2) is 7.27. The minimum Gasteiger partial charge on any atom is -0.393 e. The summed E-state index contributed by atoms with van der Waals surface area (Å²) < 4.78 is 0. The van der Waals surface area contributed by atoms with E-state index in [-0.39, 0.29) is 29.3 Å². The molecule has 28 heavy (non-hydrogen) atoms. The van der Waals surface area contributed by atoms with Crippen LogP contribution in [-0.2, 0) is 9.63 Å². The lowest BCUT2D eigenvalue weighted by Gasteiger charge is -2.62. The molecule has 0 aromatic heterocycles. The van der Waals surface area contributed by atoms with Crippen LogP contribution in [0.4, 0.5) is 0 Å². The van der Waals surface area contributed by atoms with Crippen molar-refractivity contribution in [2.24, 2.45) is 46.3 Å². The van der Waals surface area contributed by atoms with Gasteiger partial charge in [-0.25, -0.2) is 5.06 Å². The van der Waals surface area contributed by atoms with Crippen LogP contribution in [0.15, 0.2) is 0 Å². The molecule has 4 aliphatic rings. The fraction of sp³-hybridized carbons (Fsp3) is 0.958. The van der Waals surface area contributed by atoms with E-state index in [2.05, 4.69) is 13.8 Å². The van der Waals surface area contributed by atoms with E-state index < -0.39 is 0 Å². The molecular weight excluding hydrogens is 350 g/mol. The maximum atomic E-state index is 12.8. The van der Waals surface area contributed by atoms with E-state index in [4.69, 9.17) is 4.84 Å². The standard InChI is InChI=1S/C24H41NO3/c1-15(22(27)25(4)28-5)18-11-12-19-17-10-9-16-8-6-7-13-23(16,2)20(17)14-21(26)24(18,19)3/h15-21,26H,6-14H2,1-5H3/t15?,16-,17?,18+,19?,20?,21-,23-,24+/m0/s1. The molecular formula is C24H41NO3. The van der Waals surface area contributed by atoms with E-state index in [9.17, 15) is 9.90 Å². The Morgan fingerprint density at radius 2 is 1.86 bits per heavy atom. The first-order valence-electron chi connectivity index (χ1n) is 11.7. The Labute approximate surface area is 171 Å². The number of hydrogen-bond acceptors (Lipinski definition) is 3. The molecule has 4 aliphatic carbocycles. The molecule has 4 unspecified atom stereocenters. The Bertz CT molecular complexity index is 609. The summed E-state index contributed by atoms with van der Waals surface area (Å²) in [6.45, 7) is 6.91. The molecule has 4 rings (SSSR count). The van der Waals surface area contributed by atoms with Gasteiger partial charge in [-0.1, -0.05) is 33.6 Å². The Kier molecular flexibility index (Phi) is 5.36. The van der Waals surface area contributed by atoms with Crippen LogP contribution >= 0.6 is 0 Å². The van der Waals surface area contributed by atoms with E-state index in [1.54, 1.807) is 14.2 Å². The molecule has 9 atom stereocenters. The molecule has 4 fully saturated rings. The quantitative estimate of drug-likeness (QED) is 0.712. The minimum atomic E-state index is -0.285. The van der Waals surface area contributed by atoms with Crippen molar-refractivity contribution < 1.29 is 14.7 Å². The summed E-state index contributed by atoms with van der Waals surface area (Å²) in [5, 5.41) is 12.9. The first-order valence-corrected chi connectivity index (χ1v) is 11.7. The Hall–Kier alpha value is -0.610. The SMILES string of the molecule is CON(C)C(=O)C(C)[C@H]1CCC2C3CC[C@@H]4CCCC[C@]4(C)C3C[C@H](O)[C@@]21C. The smallest absolute Gasteiger partial charge is 0.248 e. The van der Waals surface area contributed by atoms with E-state index in [1.165, 1.54) is 50.0 Å². The molecule has 4 heteroatoms. The first-order chi connectivity index (χ1) is 13.2. The molecule has 0 radical (unpaired) electrons. The lowest BCUT2D eigenvalue weighted by Crippen LogP contribution is -2.58. The summed E-state index contributed by atoms with van der Waals surface area (Å²) in [5.41, 5.74) is 0.294. The lowest BCUT2D eigenvalue weighted by atomic mass is 9.44. The Balaban J connectivity index is 1.61. The normalized spacial score (nSPS) is 48.9. The maximum Gasteiger partial charge on any atom is 0.248 e. The van der Waals surface area contributed by atoms with Gasteiger partial charge in [-0.3, -0.25) is 9.63 Å². The number of aliphatic hydroxyl groups is 1. The molecule has 0 aromatic rings. The van der Waals surface area contributed by atoms with Crippen LogP contribution in [0.25, 0.3) is 0 Å². The van der Waals surface area contributed by atoms with Gasteiger partial charge in [0.15, 0.2) is 0 Å². The zero-order valence-corrected chi connectivity index (χ0v) is 18.6. The number of carbonyl (C=O) groups excluding carboxylic acids is 1. The number of amides is 1. The largest absolute Gasteiger partial charge is 0.393 e. The molecule has 4 nitrogen and oxygen atoms in total. The summed E-state index contributed by atoms with van der Waals surface area (Å²) in [4.78, 5) is 18.0. The van der Waals surface area contributed by atoms with Crippen LogP contribution in [0.5, 0.6) is 0 Å². The third-order valence-corrected chi connectivity index (χ3v) is 10.3. The van der Waals surface area contributed by atoms with Crippen LogP contribution in [-0.4, -0.2) is 36.3 Å². The van der Waals surface area contributed by atoms with Gasteiger partial charge in [0.05, 0.1) is 13.2 Å². The van der Waals surface area contributed by atoms with Crippen molar-refractivity contribution in [1.82, 2.24) is 5.06 Å². The van der Waals surface area contributed by atoms with Crippen LogP contribution in [0.3, 0.4) is 0 Å². The fourth-order valence-corrected chi connectivity index (χ4v) is 8.66. The molecule has 1 amide bonds. The van der Waals surface area contributed by atoms with E-state index in [1.807, 2.05) is 6.92 Å². The number of carbonyl (C=O) groups is 1. The van der Waals surface area contributed by atoms with Crippen LogP contribution in [0.2, 0.25) is 0 Å². The Morgan fingerprint density at radius 3 is 2.57 bits per heavy atom. The highest BCUT2D eigenvalue weighted by atomic mass is 16.7. The number of aliphatic hydroxyl groups excluding tert-OH is 1. The van der Waals surface area contributed by atoms with Crippen molar-refractivity contribution in [2.45, 2.75) is 84.7 Å². The highest BCUT2D eigenvalue weighted by Gasteiger charge is 2.64. The zero-order valence-electron chi connectivity index (χ0n) is 18.6. The summed E-state index contributed by atoms with van der Waals surface area (Å²) >= 11 is 0. The molecule has 0 saturated heterocycles. The fourth-order valence-electron chi connectivity index (χ4n) is 8.66. The van der Waals surface area contributed by atoms with Crippen molar-refractivity contribution in [1.29, 1.82) is 0 Å². The molecule has 160 valence electrons. The second-order valence-corrected chi connectivity index (χ2v) is 11.0. The third kappa shape index (κ3) is 2.80. The van der Waals surface area contributed by atoms with Gasteiger partial charge in [0.25, 0.3) is 0 Å². The summed E-state index contributed by atoms with van der Waals surface area (Å²) in [6.07, 6.45) is 11.1. The van der Waals surface area contributed by atoms with Gasteiger partial charge in [-0.2, -0.15) is 0 Å². The molecule has 0 bridgehead atoms. The van der Waals surface area contributed by atoms with Crippen molar-refractivity contribution in [3.8, 4) is 0 Å². The second-order valence-electron chi connectivity index (χ2n) is 11.0. The van der Waals surface area contributed by atoms with Gasteiger partial charge in [0.1, 0.15) is 0 Å². The van der Waals surface area contributed by atoms with E-state index >= 15 is 0 Å². The zero-order chi connectivity index (χ0) is 20.3. The topological polar surface area (TPSA) is 49.8 Å². The number of hydroxylamine groups is 2. The van der Waals surface area contributed by atoms with E-state index in [0.717, 1.165) is 24.7 Å². The summed E-state index contributed by atoms with van der Waals surface area (Å²) in [5.74, 6) is 3.03. The molecule has 4 saturated carbocycles. The minimum absolute atomic E-state index is 0.0478. The summed E-state index contributed by atoms with van der Waals surface area (Å²) in [6, 6.07) is 0. The highest BCUT2D eigenvalue weighted by Crippen LogP contribution is 2.68. The van der Waals surface area contributed by atoms with Crippen molar-refractivity contribution >= 4 is 5.91 Å². The van der Waals surface area contributed by atoms with Crippen molar-refractivity contribution in [3.05, 3.63) is 0 Å². The van der Waals surface area contributed by atoms with Crippen molar-refractivity contribution in [3.63, 3.8) is 0 Å². The van der Waals surface area contributed by atoms with Crippen LogP contribution in [0, 0.1) is 46.3 Å². The van der Waals surface area contributed by atoms with Crippen molar-refractivity contribution in [2.75, 3.05) is 14.2 Å². The van der Waals surface area contributed by atoms with Gasteiger partial charge in [0.2, 0.25) is 5.91 Å².